The summed E-state index contributed by atoms with van der Waals surface area (Å²) >= 11 is 0. The summed E-state index contributed by atoms with van der Waals surface area (Å²) in [5, 5.41) is 12.4. The Kier molecular flexibility index (Phi) is 2.77. The fraction of sp³-hybridized carbons (Fsp3) is 0.615. The highest BCUT2D eigenvalue weighted by atomic mass is 15.0. The van der Waals surface area contributed by atoms with Gasteiger partial charge in [0, 0.05) is 25.3 Å². The third-order valence-electron chi connectivity index (χ3n) is 3.52. The van der Waals surface area contributed by atoms with Gasteiger partial charge < -0.3 is 9.88 Å². The average molecular weight is 217 g/mol. The van der Waals surface area contributed by atoms with Gasteiger partial charge in [-0.2, -0.15) is 5.26 Å². The lowest BCUT2D eigenvalue weighted by molar-refractivity contribution is 0.339. The molecule has 0 aromatic carbocycles. The second-order valence-corrected chi connectivity index (χ2v) is 5.31. The van der Waals surface area contributed by atoms with Crippen molar-refractivity contribution in [2.75, 3.05) is 0 Å². The van der Waals surface area contributed by atoms with Crippen LogP contribution in [0.15, 0.2) is 12.3 Å². The van der Waals surface area contributed by atoms with Crippen LogP contribution in [0.4, 0.5) is 0 Å². The molecular formula is C13H19N3. The lowest BCUT2D eigenvalue weighted by Gasteiger charge is -2.26. The molecule has 3 heteroatoms. The molecule has 0 atom stereocenters. The van der Waals surface area contributed by atoms with Crippen molar-refractivity contribution in [3.63, 3.8) is 0 Å². The van der Waals surface area contributed by atoms with E-state index in [1.807, 2.05) is 23.9 Å². The van der Waals surface area contributed by atoms with E-state index in [1.54, 1.807) is 0 Å². The van der Waals surface area contributed by atoms with Gasteiger partial charge in [-0.25, -0.2) is 0 Å². The predicted molar refractivity (Wildman–Crippen MR) is 63.8 cm³/mol. The van der Waals surface area contributed by atoms with E-state index in [2.05, 4.69) is 25.2 Å². The van der Waals surface area contributed by atoms with E-state index >= 15 is 0 Å². The molecule has 0 bridgehead atoms. The van der Waals surface area contributed by atoms with Gasteiger partial charge >= 0.3 is 0 Å². The number of nitrogens with zero attached hydrogens (tertiary/aromatic N) is 2. The van der Waals surface area contributed by atoms with Crippen molar-refractivity contribution < 1.29 is 0 Å². The first-order valence-electron chi connectivity index (χ1n) is 5.83. The van der Waals surface area contributed by atoms with Crippen LogP contribution in [0.3, 0.4) is 0 Å². The van der Waals surface area contributed by atoms with Crippen molar-refractivity contribution in [1.82, 2.24) is 9.88 Å². The summed E-state index contributed by atoms with van der Waals surface area (Å²) in [4.78, 5) is 0. The molecule has 1 N–H and O–H groups in total. The summed E-state index contributed by atoms with van der Waals surface area (Å²) in [6, 6.07) is 4.14. The zero-order chi connectivity index (χ0) is 11.8. The van der Waals surface area contributed by atoms with Gasteiger partial charge in [0.15, 0.2) is 0 Å². The Bertz CT molecular complexity index is 419. The molecule has 1 aliphatic rings. The Hall–Kier alpha value is -1.27. The highest BCUT2D eigenvalue weighted by molar-refractivity contribution is 5.28. The Morgan fingerprint density at radius 2 is 2.25 bits per heavy atom. The highest BCUT2D eigenvalue weighted by Gasteiger charge is 2.37. The molecule has 3 nitrogen and oxygen atoms in total. The van der Waals surface area contributed by atoms with Gasteiger partial charge in [-0.3, -0.25) is 0 Å². The van der Waals surface area contributed by atoms with E-state index in [1.165, 1.54) is 18.4 Å². The molecule has 1 aromatic heterocycles. The lowest BCUT2D eigenvalue weighted by Crippen LogP contribution is -2.40. The standard InChI is InChI=1S/C13H19N3/c1-13(2,11-4-5-11)15-8-10-6-12(7-14)16(3)9-10/h6,9,11,15H,4-5,8H2,1-3H3. The molecule has 1 heterocycles. The zero-order valence-electron chi connectivity index (χ0n) is 10.2. The van der Waals surface area contributed by atoms with Gasteiger partial charge in [-0.15, -0.1) is 0 Å². The van der Waals surface area contributed by atoms with Crippen LogP contribution in [0.25, 0.3) is 0 Å². The maximum absolute atomic E-state index is 8.87. The fourth-order valence-corrected chi connectivity index (χ4v) is 2.12. The minimum absolute atomic E-state index is 0.225. The van der Waals surface area contributed by atoms with Crippen LogP contribution in [-0.4, -0.2) is 10.1 Å². The van der Waals surface area contributed by atoms with Crippen LogP contribution < -0.4 is 5.32 Å². The molecule has 86 valence electrons. The van der Waals surface area contributed by atoms with Gasteiger partial charge in [-0.05, 0) is 44.2 Å². The van der Waals surface area contributed by atoms with Crippen LogP contribution >= 0.6 is 0 Å². The van der Waals surface area contributed by atoms with E-state index in [-0.39, 0.29) is 5.54 Å². The summed E-state index contributed by atoms with van der Waals surface area (Å²) in [5.41, 5.74) is 2.14. The zero-order valence-corrected chi connectivity index (χ0v) is 10.2. The van der Waals surface area contributed by atoms with Crippen molar-refractivity contribution in [1.29, 1.82) is 5.26 Å². The quantitative estimate of drug-likeness (QED) is 0.839. The minimum atomic E-state index is 0.225. The Balaban J connectivity index is 1.97. The first kappa shape index (κ1) is 11.2. The van der Waals surface area contributed by atoms with Gasteiger partial charge in [0.05, 0.1) is 0 Å². The molecule has 0 spiro atoms. The number of hydrogen-bond donors (Lipinski definition) is 1. The van der Waals surface area contributed by atoms with Crippen molar-refractivity contribution in [3.8, 4) is 6.07 Å². The van der Waals surface area contributed by atoms with Crippen LogP contribution in [0.1, 0.15) is 37.9 Å². The van der Waals surface area contributed by atoms with Crippen LogP contribution in [-0.2, 0) is 13.6 Å². The van der Waals surface area contributed by atoms with Crippen molar-refractivity contribution in [2.45, 2.75) is 38.8 Å². The number of hydrogen-bond acceptors (Lipinski definition) is 2. The Labute approximate surface area is 97.1 Å². The maximum atomic E-state index is 8.87. The van der Waals surface area contributed by atoms with Crippen molar-refractivity contribution in [3.05, 3.63) is 23.5 Å². The summed E-state index contributed by atoms with van der Waals surface area (Å²) in [5.74, 6) is 0.826. The topological polar surface area (TPSA) is 40.8 Å². The largest absolute Gasteiger partial charge is 0.342 e. The molecule has 16 heavy (non-hydrogen) atoms. The summed E-state index contributed by atoms with van der Waals surface area (Å²) in [6.45, 7) is 5.37. The second-order valence-electron chi connectivity index (χ2n) is 5.31. The Morgan fingerprint density at radius 3 is 2.75 bits per heavy atom. The lowest BCUT2D eigenvalue weighted by atomic mass is 9.98. The minimum Gasteiger partial charge on any atom is -0.342 e. The molecular weight excluding hydrogens is 198 g/mol. The van der Waals surface area contributed by atoms with Gasteiger partial charge in [-0.1, -0.05) is 0 Å². The molecule has 0 amide bonds. The molecule has 1 saturated carbocycles. The number of aryl methyl sites for hydroxylation is 1. The third-order valence-corrected chi connectivity index (χ3v) is 3.52. The first-order valence-corrected chi connectivity index (χ1v) is 5.83. The first-order chi connectivity index (χ1) is 7.53. The van der Waals surface area contributed by atoms with Crippen molar-refractivity contribution >= 4 is 0 Å². The summed E-state index contributed by atoms with van der Waals surface area (Å²) < 4.78 is 1.88. The van der Waals surface area contributed by atoms with Crippen molar-refractivity contribution in [2.24, 2.45) is 13.0 Å². The van der Waals surface area contributed by atoms with Crippen LogP contribution in [0.5, 0.6) is 0 Å². The normalized spacial score (nSPS) is 16.1. The van der Waals surface area contributed by atoms with Gasteiger partial charge in [0.2, 0.25) is 0 Å². The van der Waals surface area contributed by atoms with E-state index in [0.29, 0.717) is 0 Å². The van der Waals surface area contributed by atoms with Crippen LogP contribution in [0, 0.1) is 17.2 Å². The number of aromatic nitrogens is 1. The van der Waals surface area contributed by atoms with E-state index in [4.69, 9.17) is 5.26 Å². The molecule has 0 saturated heterocycles. The third kappa shape index (κ3) is 2.28. The van der Waals surface area contributed by atoms with Gasteiger partial charge in [0.1, 0.15) is 11.8 Å². The highest BCUT2D eigenvalue weighted by Crippen LogP contribution is 2.39. The fourth-order valence-electron chi connectivity index (χ4n) is 2.12. The van der Waals surface area contributed by atoms with E-state index < -0.39 is 0 Å². The molecule has 1 aliphatic carbocycles. The van der Waals surface area contributed by atoms with Gasteiger partial charge in [0.25, 0.3) is 0 Å². The van der Waals surface area contributed by atoms with E-state index in [0.717, 1.165) is 18.2 Å². The van der Waals surface area contributed by atoms with Crippen LogP contribution in [0.2, 0.25) is 0 Å². The maximum Gasteiger partial charge on any atom is 0.120 e. The van der Waals surface area contributed by atoms with E-state index in [9.17, 15) is 0 Å². The molecule has 1 fully saturated rings. The number of rotatable bonds is 4. The number of nitrogens with one attached hydrogen (secondary N) is 1. The monoisotopic (exact) mass is 217 g/mol. The Morgan fingerprint density at radius 1 is 1.56 bits per heavy atom. The smallest absolute Gasteiger partial charge is 0.120 e. The molecule has 2 rings (SSSR count). The summed E-state index contributed by atoms with van der Waals surface area (Å²) in [6.07, 6.45) is 4.71. The second kappa shape index (κ2) is 3.95. The molecule has 0 radical (unpaired) electrons. The molecule has 0 aliphatic heterocycles. The summed E-state index contributed by atoms with van der Waals surface area (Å²) in [7, 11) is 1.91. The molecule has 1 aromatic rings. The SMILES string of the molecule is Cn1cc(CNC(C)(C)C2CC2)cc1C#N. The number of nitriles is 1. The molecule has 0 unspecified atom stereocenters. The predicted octanol–water partition coefficient (Wildman–Crippen LogP) is 2.17. The average Bonchev–Trinajstić information content (AvgIpc) is 3.01.